The number of rotatable bonds is 7. The molecule has 0 radical (unpaired) electrons. The average molecular weight is 253 g/mol. The minimum absolute atomic E-state index is 0.00420. The number of hydrazine groups is 1. The number of nitrogens with zero attached hydrogens (tertiary/aromatic N) is 3. The Morgan fingerprint density at radius 1 is 1.44 bits per heavy atom. The SMILES string of the molecule is CCN(CC)C(C)(C)C(Cc1ccn(C)n1)NN. The van der Waals surface area contributed by atoms with Crippen molar-refractivity contribution in [3.8, 4) is 0 Å². The number of aromatic nitrogens is 2. The fraction of sp³-hybridized carbons (Fsp3) is 0.769. The maximum Gasteiger partial charge on any atom is 0.0641 e. The molecule has 0 fully saturated rings. The van der Waals surface area contributed by atoms with Crippen LogP contribution in [0.1, 0.15) is 33.4 Å². The van der Waals surface area contributed by atoms with Gasteiger partial charge in [-0.3, -0.25) is 20.9 Å². The number of likely N-dealkylation sites (N-methyl/N-ethyl adjacent to an activating group) is 1. The van der Waals surface area contributed by atoms with Crippen LogP contribution in [-0.4, -0.2) is 39.4 Å². The van der Waals surface area contributed by atoms with E-state index in [1.165, 1.54) is 0 Å². The molecular weight excluding hydrogens is 226 g/mol. The fourth-order valence-electron chi connectivity index (χ4n) is 2.55. The first-order valence-electron chi connectivity index (χ1n) is 6.65. The Kier molecular flexibility index (Phi) is 5.31. The zero-order chi connectivity index (χ0) is 13.8. The second-order valence-electron chi connectivity index (χ2n) is 5.23. The van der Waals surface area contributed by atoms with Gasteiger partial charge < -0.3 is 0 Å². The Hall–Kier alpha value is -0.910. The number of aryl methyl sites for hydroxylation is 1. The summed E-state index contributed by atoms with van der Waals surface area (Å²) in [6.45, 7) is 10.9. The molecule has 104 valence electrons. The van der Waals surface area contributed by atoms with Crippen LogP contribution in [0.2, 0.25) is 0 Å². The molecule has 0 amide bonds. The predicted molar refractivity (Wildman–Crippen MR) is 75.0 cm³/mol. The largest absolute Gasteiger partial charge is 0.297 e. The van der Waals surface area contributed by atoms with E-state index in [1.807, 2.05) is 24.0 Å². The van der Waals surface area contributed by atoms with Crippen LogP contribution in [0.15, 0.2) is 12.3 Å². The molecule has 5 nitrogen and oxygen atoms in total. The van der Waals surface area contributed by atoms with Crippen molar-refractivity contribution in [3.05, 3.63) is 18.0 Å². The van der Waals surface area contributed by atoms with Gasteiger partial charge in [0.1, 0.15) is 0 Å². The molecular formula is C13H27N5. The van der Waals surface area contributed by atoms with E-state index < -0.39 is 0 Å². The lowest BCUT2D eigenvalue weighted by Crippen LogP contribution is -2.60. The first kappa shape index (κ1) is 15.1. The van der Waals surface area contributed by atoms with Gasteiger partial charge in [0, 0.05) is 31.2 Å². The highest BCUT2D eigenvalue weighted by atomic mass is 15.3. The van der Waals surface area contributed by atoms with Crippen LogP contribution in [0.5, 0.6) is 0 Å². The van der Waals surface area contributed by atoms with Crippen molar-refractivity contribution in [2.75, 3.05) is 13.1 Å². The molecule has 1 aromatic rings. The van der Waals surface area contributed by atoms with Crippen LogP contribution in [0.4, 0.5) is 0 Å². The predicted octanol–water partition coefficient (Wildman–Crippen LogP) is 0.915. The summed E-state index contributed by atoms with van der Waals surface area (Å²) >= 11 is 0. The van der Waals surface area contributed by atoms with Gasteiger partial charge >= 0.3 is 0 Å². The summed E-state index contributed by atoms with van der Waals surface area (Å²) in [4.78, 5) is 2.42. The minimum Gasteiger partial charge on any atom is -0.297 e. The molecule has 1 atom stereocenters. The van der Waals surface area contributed by atoms with E-state index in [2.05, 4.69) is 43.1 Å². The van der Waals surface area contributed by atoms with Crippen LogP contribution in [0.3, 0.4) is 0 Å². The second kappa shape index (κ2) is 6.31. The molecule has 1 rings (SSSR count). The number of nitrogens with one attached hydrogen (secondary N) is 1. The molecule has 1 aromatic heterocycles. The third kappa shape index (κ3) is 3.31. The molecule has 0 aliphatic heterocycles. The maximum absolute atomic E-state index is 5.75. The van der Waals surface area contributed by atoms with Gasteiger partial charge in [-0.05, 0) is 33.0 Å². The monoisotopic (exact) mass is 253 g/mol. The number of nitrogens with two attached hydrogens (primary N) is 1. The van der Waals surface area contributed by atoms with Gasteiger partial charge in [-0.25, -0.2) is 0 Å². The minimum atomic E-state index is -0.00420. The van der Waals surface area contributed by atoms with Crippen molar-refractivity contribution in [2.24, 2.45) is 12.9 Å². The summed E-state index contributed by atoms with van der Waals surface area (Å²) in [5.74, 6) is 5.75. The van der Waals surface area contributed by atoms with Crippen molar-refractivity contribution >= 4 is 0 Å². The molecule has 18 heavy (non-hydrogen) atoms. The first-order chi connectivity index (χ1) is 8.45. The van der Waals surface area contributed by atoms with Crippen molar-refractivity contribution in [2.45, 2.75) is 45.7 Å². The van der Waals surface area contributed by atoms with Gasteiger partial charge in [-0.1, -0.05) is 13.8 Å². The molecule has 5 heteroatoms. The Balaban J connectivity index is 2.81. The van der Waals surface area contributed by atoms with Gasteiger partial charge in [-0.15, -0.1) is 0 Å². The van der Waals surface area contributed by atoms with Gasteiger partial charge in [0.25, 0.3) is 0 Å². The lowest BCUT2D eigenvalue weighted by Gasteiger charge is -2.43. The van der Waals surface area contributed by atoms with Gasteiger partial charge in [0.2, 0.25) is 0 Å². The van der Waals surface area contributed by atoms with Crippen molar-refractivity contribution in [3.63, 3.8) is 0 Å². The Labute approximate surface area is 110 Å². The van der Waals surface area contributed by atoms with E-state index in [9.17, 15) is 0 Å². The van der Waals surface area contributed by atoms with E-state index in [-0.39, 0.29) is 11.6 Å². The lowest BCUT2D eigenvalue weighted by molar-refractivity contribution is 0.0908. The highest BCUT2D eigenvalue weighted by molar-refractivity contribution is 5.05. The summed E-state index contributed by atoms with van der Waals surface area (Å²) in [6.07, 6.45) is 2.80. The molecule has 1 heterocycles. The van der Waals surface area contributed by atoms with Crippen LogP contribution in [0, 0.1) is 0 Å². The van der Waals surface area contributed by atoms with Crippen LogP contribution in [-0.2, 0) is 13.5 Å². The quantitative estimate of drug-likeness (QED) is 0.560. The highest BCUT2D eigenvalue weighted by Crippen LogP contribution is 2.21. The summed E-state index contributed by atoms with van der Waals surface area (Å²) in [5, 5.41) is 4.43. The smallest absolute Gasteiger partial charge is 0.0641 e. The van der Waals surface area contributed by atoms with Gasteiger partial charge in [0.15, 0.2) is 0 Å². The molecule has 0 saturated carbocycles. The lowest BCUT2D eigenvalue weighted by atomic mass is 9.89. The molecule has 0 bridgehead atoms. The van der Waals surface area contributed by atoms with Crippen molar-refractivity contribution < 1.29 is 0 Å². The summed E-state index contributed by atoms with van der Waals surface area (Å²) < 4.78 is 1.83. The zero-order valence-corrected chi connectivity index (χ0v) is 12.3. The zero-order valence-electron chi connectivity index (χ0n) is 12.3. The molecule has 3 N–H and O–H groups in total. The molecule has 0 aliphatic carbocycles. The van der Waals surface area contributed by atoms with Gasteiger partial charge in [-0.2, -0.15) is 5.10 Å². The third-order valence-corrected chi connectivity index (χ3v) is 3.81. The van der Waals surface area contributed by atoms with E-state index in [0.29, 0.717) is 0 Å². The number of hydrogen-bond donors (Lipinski definition) is 2. The Morgan fingerprint density at radius 2 is 2.06 bits per heavy atom. The van der Waals surface area contributed by atoms with Crippen LogP contribution >= 0.6 is 0 Å². The van der Waals surface area contributed by atoms with Crippen molar-refractivity contribution in [1.29, 1.82) is 0 Å². The van der Waals surface area contributed by atoms with Crippen LogP contribution < -0.4 is 11.3 Å². The number of hydrogen-bond acceptors (Lipinski definition) is 4. The topological polar surface area (TPSA) is 59.1 Å². The molecule has 0 aromatic carbocycles. The second-order valence-corrected chi connectivity index (χ2v) is 5.23. The first-order valence-corrected chi connectivity index (χ1v) is 6.65. The summed E-state index contributed by atoms with van der Waals surface area (Å²) in [5.41, 5.74) is 4.02. The fourth-order valence-corrected chi connectivity index (χ4v) is 2.55. The third-order valence-electron chi connectivity index (χ3n) is 3.81. The molecule has 0 spiro atoms. The molecule has 1 unspecified atom stereocenters. The Morgan fingerprint density at radius 3 is 2.44 bits per heavy atom. The Bertz CT molecular complexity index is 354. The standard InChI is InChI=1S/C13H27N5/c1-6-18(7-2)13(3,4)12(15-14)10-11-8-9-17(5)16-11/h8-9,12,15H,6-7,10,14H2,1-5H3. The normalized spacial score (nSPS) is 14.2. The highest BCUT2D eigenvalue weighted by Gasteiger charge is 2.33. The van der Waals surface area contributed by atoms with Crippen LogP contribution in [0.25, 0.3) is 0 Å². The van der Waals surface area contributed by atoms with Crippen molar-refractivity contribution in [1.82, 2.24) is 20.1 Å². The average Bonchev–Trinajstić information content (AvgIpc) is 2.72. The summed E-state index contributed by atoms with van der Waals surface area (Å²) in [7, 11) is 1.93. The summed E-state index contributed by atoms with van der Waals surface area (Å²) in [6, 6.07) is 2.22. The van der Waals surface area contributed by atoms with E-state index in [1.54, 1.807) is 0 Å². The van der Waals surface area contributed by atoms with Gasteiger partial charge in [0.05, 0.1) is 5.69 Å². The van der Waals surface area contributed by atoms with E-state index in [0.717, 1.165) is 25.2 Å². The van der Waals surface area contributed by atoms with E-state index >= 15 is 0 Å². The maximum atomic E-state index is 5.75. The molecule has 0 aliphatic rings. The van der Waals surface area contributed by atoms with E-state index in [4.69, 9.17) is 5.84 Å². The molecule has 0 saturated heterocycles.